The minimum Gasteiger partial charge on any atom is -0.486 e. The Morgan fingerprint density at radius 1 is 1.12 bits per heavy atom. The second kappa shape index (κ2) is 8.03. The Balaban J connectivity index is 1.33. The first kappa shape index (κ1) is 21.7. The summed E-state index contributed by atoms with van der Waals surface area (Å²) >= 11 is 6.36. The van der Waals surface area contributed by atoms with Crippen LogP contribution < -0.4 is 4.74 Å². The van der Waals surface area contributed by atoms with Gasteiger partial charge in [0.25, 0.3) is 5.91 Å². The van der Waals surface area contributed by atoms with Crippen LogP contribution in [0.4, 0.5) is 0 Å². The Kier molecular flexibility index (Phi) is 5.28. The fraction of sp³-hybridized carbons (Fsp3) is 0.346. The average Bonchev–Trinajstić information content (AvgIpc) is 3.19. The molecule has 1 saturated heterocycles. The molecular weight excluding hydrogens is 438 g/mol. The topological polar surface area (TPSA) is 64.4 Å². The predicted octanol–water partition coefficient (Wildman–Crippen LogP) is 5.09. The van der Waals surface area contributed by atoms with Crippen molar-refractivity contribution in [1.29, 1.82) is 0 Å². The zero-order valence-corrected chi connectivity index (χ0v) is 19.8. The van der Waals surface area contributed by atoms with Gasteiger partial charge in [-0.15, -0.1) is 0 Å². The Morgan fingerprint density at radius 3 is 2.52 bits per heavy atom. The van der Waals surface area contributed by atoms with E-state index < -0.39 is 5.60 Å². The number of ether oxygens (including phenoxy) is 1. The van der Waals surface area contributed by atoms with Gasteiger partial charge in [0.2, 0.25) is 0 Å². The molecule has 0 aliphatic carbocycles. The van der Waals surface area contributed by atoms with Gasteiger partial charge in [-0.25, -0.2) is 4.68 Å². The molecule has 170 valence electrons. The highest BCUT2D eigenvalue weighted by molar-refractivity contribution is 6.32. The molecule has 1 amide bonds. The van der Waals surface area contributed by atoms with Crippen LogP contribution in [0.15, 0.2) is 42.6 Å². The molecule has 3 aromatic rings. The van der Waals surface area contributed by atoms with E-state index in [1.54, 1.807) is 10.9 Å². The van der Waals surface area contributed by atoms with Crippen molar-refractivity contribution < 1.29 is 14.3 Å². The summed E-state index contributed by atoms with van der Waals surface area (Å²) in [7, 11) is 0. The Labute approximate surface area is 198 Å². The van der Waals surface area contributed by atoms with Crippen LogP contribution in [0.5, 0.6) is 5.75 Å². The van der Waals surface area contributed by atoms with Crippen LogP contribution in [-0.2, 0) is 0 Å². The van der Waals surface area contributed by atoms with Crippen LogP contribution in [0.25, 0.3) is 5.69 Å². The third-order valence-electron chi connectivity index (χ3n) is 6.94. The summed E-state index contributed by atoms with van der Waals surface area (Å²) in [6, 6.07) is 11.6. The number of amides is 1. The maximum absolute atomic E-state index is 13.3. The van der Waals surface area contributed by atoms with Gasteiger partial charge in [0.1, 0.15) is 11.4 Å². The Hall–Kier alpha value is -3.12. The van der Waals surface area contributed by atoms with Crippen molar-refractivity contribution in [2.75, 3.05) is 13.1 Å². The number of aromatic nitrogens is 2. The number of Topliss-reactive ketones (excluding diaryl/α,β-unsaturated/α-hetero) is 1. The van der Waals surface area contributed by atoms with E-state index in [-0.39, 0.29) is 11.7 Å². The number of rotatable bonds is 2. The number of benzene rings is 2. The van der Waals surface area contributed by atoms with Crippen molar-refractivity contribution in [2.24, 2.45) is 0 Å². The van der Waals surface area contributed by atoms with E-state index in [1.807, 2.05) is 62.1 Å². The summed E-state index contributed by atoms with van der Waals surface area (Å²) < 4.78 is 8.22. The van der Waals surface area contributed by atoms with Crippen molar-refractivity contribution in [2.45, 2.75) is 45.6 Å². The third-order valence-corrected chi connectivity index (χ3v) is 7.52. The van der Waals surface area contributed by atoms with Gasteiger partial charge in [-0.05, 0) is 50.1 Å². The molecule has 0 N–H and O–H groups in total. The highest BCUT2D eigenvalue weighted by Crippen LogP contribution is 2.43. The largest absolute Gasteiger partial charge is 0.486 e. The van der Waals surface area contributed by atoms with Crippen LogP contribution >= 0.6 is 11.6 Å². The molecule has 0 saturated carbocycles. The van der Waals surface area contributed by atoms with E-state index in [4.69, 9.17) is 16.3 Å². The van der Waals surface area contributed by atoms with Gasteiger partial charge in [0, 0.05) is 31.0 Å². The van der Waals surface area contributed by atoms with Crippen LogP contribution in [-0.4, -0.2) is 45.1 Å². The lowest BCUT2D eigenvalue weighted by Gasteiger charge is -2.44. The zero-order valence-electron chi connectivity index (χ0n) is 19.0. The fourth-order valence-corrected chi connectivity index (χ4v) is 5.16. The summed E-state index contributed by atoms with van der Waals surface area (Å²) in [6.45, 7) is 6.76. The molecule has 6 nitrogen and oxygen atoms in total. The minimum atomic E-state index is -0.573. The summed E-state index contributed by atoms with van der Waals surface area (Å²) in [5, 5.41) is 5.05. The van der Waals surface area contributed by atoms with Gasteiger partial charge in [-0.1, -0.05) is 29.8 Å². The second-order valence-corrected chi connectivity index (χ2v) is 9.45. The molecule has 2 aliphatic heterocycles. The van der Waals surface area contributed by atoms with E-state index >= 15 is 0 Å². The first-order chi connectivity index (χ1) is 15.8. The Bertz CT molecular complexity index is 1260. The van der Waals surface area contributed by atoms with Gasteiger partial charge in [0.05, 0.1) is 35.1 Å². The first-order valence-electron chi connectivity index (χ1n) is 11.2. The molecule has 0 radical (unpaired) electrons. The van der Waals surface area contributed by atoms with Crippen molar-refractivity contribution in [3.63, 3.8) is 0 Å². The normalized spacial score (nSPS) is 17.1. The molecule has 1 aromatic heterocycles. The summed E-state index contributed by atoms with van der Waals surface area (Å²) in [4.78, 5) is 28.1. The van der Waals surface area contributed by atoms with E-state index in [0.717, 1.165) is 22.5 Å². The number of carbonyl (C=O) groups is 2. The molecule has 2 aliphatic rings. The monoisotopic (exact) mass is 463 g/mol. The van der Waals surface area contributed by atoms with Crippen molar-refractivity contribution >= 4 is 23.3 Å². The number of aryl methyl sites for hydroxylation is 1. The maximum atomic E-state index is 13.3. The third kappa shape index (κ3) is 3.62. The van der Waals surface area contributed by atoms with E-state index in [1.165, 1.54) is 0 Å². The van der Waals surface area contributed by atoms with Gasteiger partial charge in [-0.2, -0.15) is 5.10 Å². The molecule has 1 fully saturated rings. The number of halogens is 1. The van der Waals surface area contributed by atoms with Crippen LogP contribution in [0.1, 0.15) is 56.8 Å². The predicted molar refractivity (Wildman–Crippen MR) is 127 cm³/mol. The van der Waals surface area contributed by atoms with Crippen LogP contribution in [0.3, 0.4) is 0 Å². The summed E-state index contributed by atoms with van der Waals surface area (Å²) in [5.74, 6) is 0.645. The molecule has 2 aromatic carbocycles. The van der Waals surface area contributed by atoms with Gasteiger partial charge >= 0.3 is 0 Å². The fourth-order valence-electron chi connectivity index (χ4n) is 5.02. The number of hydrogen-bond acceptors (Lipinski definition) is 4. The number of piperidine rings is 1. The highest BCUT2D eigenvalue weighted by atomic mass is 35.5. The quantitative estimate of drug-likeness (QED) is 0.531. The number of likely N-dealkylation sites (tertiary alicyclic amines) is 1. The number of para-hydroxylation sites is 1. The number of ketones is 1. The lowest BCUT2D eigenvalue weighted by atomic mass is 9.81. The van der Waals surface area contributed by atoms with Gasteiger partial charge in [0.15, 0.2) is 5.78 Å². The van der Waals surface area contributed by atoms with E-state index in [9.17, 15) is 9.59 Å². The molecule has 7 heteroatoms. The molecule has 1 spiro atoms. The van der Waals surface area contributed by atoms with Crippen LogP contribution in [0.2, 0.25) is 5.02 Å². The van der Waals surface area contributed by atoms with Crippen molar-refractivity contribution in [3.05, 3.63) is 75.6 Å². The molecule has 3 heterocycles. The van der Waals surface area contributed by atoms with Crippen molar-refractivity contribution in [3.8, 4) is 11.4 Å². The first-order valence-corrected chi connectivity index (χ1v) is 11.6. The zero-order chi connectivity index (χ0) is 23.3. The second-order valence-electron chi connectivity index (χ2n) is 9.07. The lowest BCUT2D eigenvalue weighted by Crippen LogP contribution is -2.52. The number of carbonyl (C=O) groups excluding carboxylic acids is 2. The molecule has 5 rings (SSSR count). The average molecular weight is 464 g/mol. The maximum Gasteiger partial charge on any atom is 0.257 e. The smallest absolute Gasteiger partial charge is 0.257 e. The SMILES string of the molecule is Cc1cc2c(c(C)c1Cl)C(=O)CC1(CCN(C(=O)c3cnn(-c4ccccc4)c3C)CC1)O2. The number of fused-ring (bicyclic) bond motifs is 1. The van der Waals surface area contributed by atoms with Crippen LogP contribution in [0, 0.1) is 20.8 Å². The minimum absolute atomic E-state index is 0.0365. The highest BCUT2D eigenvalue weighted by Gasteiger charge is 2.44. The van der Waals surface area contributed by atoms with Gasteiger partial charge in [-0.3, -0.25) is 9.59 Å². The van der Waals surface area contributed by atoms with Gasteiger partial charge < -0.3 is 9.64 Å². The molecule has 0 unspecified atom stereocenters. The van der Waals surface area contributed by atoms with E-state index in [2.05, 4.69) is 5.10 Å². The standard InChI is InChI=1S/C26H26ClN3O3/c1-16-13-22-23(17(2)24(16)27)21(31)14-26(33-22)9-11-29(12-10-26)25(32)20-15-28-30(18(20)3)19-7-5-4-6-8-19/h4-8,13,15H,9-12,14H2,1-3H3. The Morgan fingerprint density at radius 2 is 1.82 bits per heavy atom. The van der Waals surface area contributed by atoms with Crippen molar-refractivity contribution in [1.82, 2.24) is 14.7 Å². The molecule has 0 atom stereocenters. The summed E-state index contributed by atoms with van der Waals surface area (Å²) in [6.07, 6.45) is 3.17. The molecule has 33 heavy (non-hydrogen) atoms. The van der Waals surface area contributed by atoms with E-state index in [0.29, 0.717) is 54.3 Å². The number of hydrogen-bond donors (Lipinski definition) is 0. The summed E-state index contributed by atoms with van der Waals surface area (Å²) in [5.41, 5.74) is 4.04. The molecular formula is C26H26ClN3O3. The number of nitrogens with zero attached hydrogens (tertiary/aromatic N) is 3. The lowest BCUT2D eigenvalue weighted by molar-refractivity contribution is -0.00582. The molecule has 0 bridgehead atoms.